The van der Waals surface area contributed by atoms with E-state index in [4.69, 9.17) is 10.5 Å². The van der Waals surface area contributed by atoms with Crippen LogP contribution >= 0.6 is 0 Å². The zero-order valence-electron chi connectivity index (χ0n) is 9.81. The number of rotatable bonds is 6. The molecular formula is C11H21N3O. The summed E-state index contributed by atoms with van der Waals surface area (Å²) in [5, 5.41) is 0. The molecule has 1 aromatic rings. The van der Waals surface area contributed by atoms with Crippen LogP contribution in [0.15, 0.2) is 12.5 Å². The quantitative estimate of drug-likeness (QED) is 0.779. The number of nitrogens with zero attached hydrogens (tertiary/aromatic N) is 2. The number of ether oxygens (including phenoxy) is 1. The molecular weight excluding hydrogens is 190 g/mol. The smallest absolute Gasteiger partial charge is 0.0949 e. The van der Waals surface area contributed by atoms with Gasteiger partial charge in [-0.1, -0.05) is 6.92 Å². The predicted molar refractivity (Wildman–Crippen MR) is 60.5 cm³/mol. The standard InChI is InChI=1S/C11H21N3O/c1-4-10(12)11-7-13-8-14(11)5-6-15-9(2)3/h7-10H,4-6,12H2,1-3H3/t10-/m1/s1. The van der Waals surface area contributed by atoms with Gasteiger partial charge in [0.2, 0.25) is 0 Å². The van der Waals surface area contributed by atoms with Crippen LogP contribution in [-0.4, -0.2) is 22.3 Å². The van der Waals surface area contributed by atoms with E-state index in [1.54, 1.807) is 0 Å². The summed E-state index contributed by atoms with van der Waals surface area (Å²) in [5.41, 5.74) is 7.06. The highest BCUT2D eigenvalue weighted by Gasteiger charge is 2.09. The van der Waals surface area contributed by atoms with Crippen molar-refractivity contribution < 1.29 is 4.74 Å². The Kier molecular flexibility index (Phi) is 4.78. The SMILES string of the molecule is CC[C@@H](N)c1cncn1CCOC(C)C. The Labute approximate surface area is 91.4 Å². The molecule has 86 valence electrons. The minimum atomic E-state index is 0.0755. The zero-order chi connectivity index (χ0) is 11.3. The molecule has 0 radical (unpaired) electrons. The highest BCUT2D eigenvalue weighted by Crippen LogP contribution is 2.12. The lowest BCUT2D eigenvalue weighted by Gasteiger charge is -2.13. The molecule has 1 heterocycles. The van der Waals surface area contributed by atoms with Crippen LogP contribution in [0.4, 0.5) is 0 Å². The number of aromatic nitrogens is 2. The summed E-state index contributed by atoms with van der Waals surface area (Å²) in [6.07, 6.45) is 4.85. The molecule has 2 N–H and O–H groups in total. The van der Waals surface area contributed by atoms with Crippen molar-refractivity contribution in [2.24, 2.45) is 5.73 Å². The Balaban J connectivity index is 2.50. The second-order valence-corrected chi connectivity index (χ2v) is 3.95. The van der Waals surface area contributed by atoms with Crippen LogP contribution < -0.4 is 5.73 Å². The largest absolute Gasteiger partial charge is 0.377 e. The average Bonchev–Trinajstić information content (AvgIpc) is 2.64. The highest BCUT2D eigenvalue weighted by atomic mass is 16.5. The molecule has 0 bridgehead atoms. The molecule has 1 aromatic heterocycles. The third-order valence-electron chi connectivity index (χ3n) is 2.35. The summed E-state index contributed by atoms with van der Waals surface area (Å²) in [7, 11) is 0. The fourth-order valence-electron chi connectivity index (χ4n) is 1.42. The van der Waals surface area contributed by atoms with Crippen molar-refractivity contribution in [1.29, 1.82) is 0 Å². The lowest BCUT2D eigenvalue weighted by molar-refractivity contribution is 0.0722. The van der Waals surface area contributed by atoms with Crippen molar-refractivity contribution in [3.05, 3.63) is 18.2 Å². The van der Waals surface area contributed by atoms with Gasteiger partial charge in [0.25, 0.3) is 0 Å². The van der Waals surface area contributed by atoms with Crippen molar-refractivity contribution in [2.75, 3.05) is 6.61 Å². The van der Waals surface area contributed by atoms with Gasteiger partial charge < -0.3 is 15.0 Å². The first-order valence-electron chi connectivity index (χ1n) is 5.52. The Morgan fingerprint density at radius 2 is 2.27 bits per heavy atom. The van der Waals surface area contributed by atoms with Crippen molar-refractivity contribution in [1.82, 2.24) is 9.55 Å². The Bertz CT molecular complexity index is 283. The second kappa shape index (κ2) is 5.88. The van der Waals surface area contributed by atoms with Crippen molar-refractivity contribution in [3.63, 3.8) is 0 Å². The van der Waals surface area contributed by atoms with E-state index in [1.165, 1.54) is 0 Å². The molecule has 0 aromatic carbocycles. The van der Waals surface area contributed by atoms with Crippen LogP contribution in [0, 0.1) is 0 Å². The average molecular weight is 211 g/mol. The van der Waals surface area contributed by atoms with Crippen LogP contribution in [0.3, 0.4) is 0 Å². The van der Waals surface area contributed by atoms with Gasteiger partial charge in [0, 0.05) is 18.8 Å². The first-order chi connectivity index (χ1) is 7.15. The van der Waals surface area contributed by atoms with E-state index >= 15 is 0 Å². The molecule has 0 aliphatic rings. The molecule has 4 heteroatoms. The summed E-state index contributed by atoms with van der Waals surface area (Å²) in [4.78, 5) is 4.12. The molecule has 1 rings (SSSR count). The van der Waals surface area contributed by atoms with E-state index in [2.05, 4.69) is 16.5 Å². The molecule has 0 saturated carbocycles. The maximum Gasteiger partial charge on any atom is 0.0949 e. The van der Waals surface area contributed by atoms with Gasteiger partial charge in [0.1, 0.15) is 0 Å². The minimum absolute atomic E-state index is 0.0755. The van der Waals surface area contributed by atoms with E-state index in [1.807, 2.05) is 26.4 Å². The van der Waals surface area contributed by atoms with Gasteiger partial charge >= 0.3 is 0 Å². The van der Waals surface area contributed by atoms with E-state index in [-0.39, 0.29) is 12.1 Å². The maximum absolute atomic E-state index is 5.97. The van der Waals surface area contributed by atoms with Gasteiger partial charge in [0.15, 0.2) is 0 Å². The van der Waals surface area contributed by atoms with Gasteiger partial charge in [-0.3, -0.25) is 0 Å². The molecule has 4 nitrogen and oxygen atoms in total. The fourth-order valence-corrected chi connectivity index (χ4v) is 1.42. The fraction of sp³-hybridized carbons (Fsp3) is 0.727. The minimum Gasteiger partial charge on any atom is -0.377 e. The third-order valence-corrected chi connectivity index (χ3v) is 2.35. The Morgan fingerprint density at radius 1 is 1.53 bits per heavy atom. The van der Waals surface area contributed by atoms with E-state index < -0.39 is 0 Å². The second-order valence-electron chi connectivity index (χ2n) is 3.95. The molecule has 1 atom stereocenters. The van der Waals surface area contributed by atoms with Gasteiger partial charge in [-0.15, -0.1) is 0 Å². The molecule has 0 saturated heterocycles. The van der Waals surface area contributed by atoms with Gasteiger partial charge in [-0.05, 0) is 20.3 Å². The maximum atomic E-state index is 5.97. The predicted octanol–water partition coefficient (Wildman–Crippen LogP) is 1.72. The van der Waals surface area contributed by atoms with Crippen LogP contribution in [0.5, 0.6) is 0 Å². The molecule has 0 spiro atoms. The summed E-state index contributed by atoms with van der Waals surface area (Å²) in [6, 6.07) is 0.0755. The van der Waals surface area contributed by atoms with Gasteiger partial charge in [0.05, 0.1) is 24.7 Å². The normalized spacial score (nSPS) is 13.4. The summed E-state index contributed by atoms with van der Waals surface area (Å²) in [5.74, 6) is 0. The molecule has 0 amide bonds. The Hall–Kier alpha value is -0.870. The summed E-state index contributed by atoms with van der Waals surface area (Å²) < 4.78 is 7.56. The van der Waals surface area contributed by atoms with E-state index in [0.717, 1.165) is 18.7 Å². The first kappa shape index (κ1) is 12.2. The number of hydrogen-bond donors (Lipinski definition) is 1. The summed E-state index contributed by atoms with van der Waals surface area (Å²) >= 11 is 0. The lowest BCUT2D eigenvalue weighted by Crippen LogP contribution is -2.17. The third kappa shape index (κ3) is 3.64. The van der Waals surface area contributed by atoms with E-state index in [9.17, 15) is 0 Å². The van der Waals surface area contributed by atoms with Gasteiger partial charge in [-0.2, -0.15) is 0 Å². The van der Waals surface area contributed by atoms with Crippen LogP contribution in [0.1, 0.15) is 38.9 Å². The zero-order valence-corrected chi connectivity index (χ0v) is 9.81. The molecule has 0 aliphatic carbocycles. The Morgan fingerprint density at radius 3 is 2.87 bits per heavy atom. The number of imidazole rings is 1. The van der Waals surface area contributed by atoms with Crippen LogP contribution in [0.2, 0.25) is 0 Å². The van der Waals surface area contributed by atoms with Crippen LogP contribution in [-0.2, 0) is 11.3 Å². The van der Waals surface area contributed by atoms with Crippen molar-refractivity contribution >= 4 is 0 Å². The summed E-state index contributed by atoms with van der Waals surface area (Å²) in [6.45, 7) is 7.67. The van der Waals surface area contributed by atoms with Crippen molar-refractivity contribution in [2.45, 2.75) is 45.9 Å². The molecule has 0 unspecified atom stereocenters. The van der Waals surface area contributed by atoms with E-state index in [0.29, 0.717) is 6.61 Å². The van der Waals surface area contributed by atoms with Crippen molar-refractivity contribution in [3.8, 4) is 0 Å². The molecule has 0 fully saturated rings. The van der Waals surface area contributed by atoms with Gasteiger partial charge in [-0.25, -0.2) is 4.98 Å². The highest BCUT2D eigenvalue weighted by molar-refractivity contribution is 5.04. The van der Waals surface area contributed by atoms with Crippen LogP contribution in [0.25, 0.3) is 0 Å². The monoisotopic (exact) mass is 211 g/mol. The topological polar surface area (TPSA) is 53.1 Å². The number of hydrogen-bond acceptors (Lipinski definition) is 3. The number of nitrogens with two attached hydrogens (primary N) is 1. The molecule has 0 aliphatic heterocycles. The molecule has 15 heavy (non-hydrogen) atoms. The lowest BCUT2D eigenvalue weighted by atomic mass is 10.2. The first-order valence-corrected chi connectivity index (χ1v) is 5.52.